The quantitative estimate of drug-likeness (QED) is 0.709. The van der Waals surface area contributed by atoms with Crippen molar-refractivity contribution in [2.45, 2.75) is 33.1 Å². The van der Waals surface area contributed by atoms with Crippen LogP contribution in [0.3, 0.4) is 0 Å². The molecule has 0 atom stereocenters. The van der Waals surface area contributed by atoms with Crippen LogP contribution < -0.4 is 10.9 Å². The van der Waals surface area contributed by atoms with Crippen molar-refractivity contribution in [1.29, 1.82) is 0 Å². The Morgan fingerprint density at radius 1 is 1.26 bits per heavy atom. The molecule has 19 heavy (non-hydrogen) atoms. The first-order chi connectivity index (χ1) is 8.95. The molecule has 0 aliphatic carbocycles. The number of carbonyl (C=O) groups is 3. The van der Waals surface area contributed by atoms with Crippen LogP contribution >= 0.6 is 11.3 Å². The third-order valence-electron chi connectivity index (χ3n) is 2.58. The van der Waals surface area contributed by atoms with Crippen LogP contribution in [0.5, 0.6) is 0 Å². The van der Waals surface area contributed by atoms with Gasteiger partial charge in [0.25, 0.3) is 5.91 Å². The zero-order chi connectivity index (χ0) is 14.4. The molecule has 1 aromatic heterocycles. The Bertz CT molecular complexity index is 496. The number of amides is 2. The Kier molecular flexibility index (Phi) is 5.50. The largest absolute Gasteiger partial charge is 0.481 e. The number of hydrogen-bond acceptors (Lipinski definition) is 4. The molecule has 6 nitrogen and oxygen atoms in total. The summed E-state index contributed by atoms with van der Waals surface area (Å²) in [5.74, 6) is -1.96. The normalized spacial score (nSPS) is 10.0. The van der Waals surface area contributed by atoms with Crippen molar-refractivity contribution in [3.05, 3.63) is 21.4 Å². The third-order valence-corrected chi connectivity index (χ3v) is 3.54. The molecule has 104 valence electrons. The van der Waals surface area contributed by atoms with Crippen LogP contribution in [0.1, 0.15) is 40.6 Å². The summed E-state index contributed by atoms with van der Waals surface area (Å²) in [7, 11) is 0. The first-order valence-corrected chi connectivity index (χ1v) is 6.71. The van der Waals surface area contributed by atoms with Crippen molar-refractivity contribution < 1.29 is 19.5 Å². The van der Waals surface area contributed by atoms with Crippen LogP contribution in [-0.4, -0.2) is 22.9 Å². The van der Waals surface area contributed by atoms with Gasteiger partial charge in [-0.2, -0.15) is 0 Å². The Morgan fingerprint density at radius 2 is 1.95 bits per heavy atom. The first-order valence-electron chi connectivity index (χ1n) is 5.83. The molecule has 1 aromatic rings. The highest BCUT2D eigenvalue weighted by Gasteiger charge is 2.15. The van der Waals surface area contributed by atoms with Gasteiger partial charge in [-0.05, 0) is 18.9 Å². The topological polar surface area (TPSA) is 95.5 Å². The number of aryl methyl sites for hydroxylation is 1. The van der Waals surface area contributed by atoms with Crippen LogP contribution in [0.4, 0.5) is 0 Å². The van der Waals surface area contributed by atoms with E-state index >= 15 is 0 Å². The average molecular weight is 284 g/mol. The van der Waals surface area contributed by atoms with E-state index in [0.29, 0.717) is 5.56 Å². The van der Waals surface area contributed by atoms with Crippen LogP contribution in [0, 0.1) is 6.92 Å². The van der Waals surface area contributed by atoms with Gasteiger partial charge in [-0.15, -0.1) is 11.3 Å². The lowest BCUT2D eigenvalue weighted by Gasteiger charge is -2.07. The predicted molar refractivity (Wildman–Crippen MR) is 70.9 cm³/mol. The molecule has 0 aliphatic rings. The van der Waals surface area contributed by atoms with E-state index in [-0.39, 0.29) is 18.7 Å². The minimum absolute atomic E-state index is 0.168. The van der Waals surface area contributed by atoms with E-state index in [1.807, 2.05) is 13.8 Å². The van der Waals surface area contributed by atoms with Gasteiger partial charge in [0.1, 0.15) is 0 Å². The summed E-state index contributed by atoms with van der Waals surface area (Å²) in [5.41, 5.74) is 5.99. The van der Waals surface area contributed by atoms with E-state index in [0.717, 1.165) is 16.9 Å². The van der Waals surface area contributed by atoms with E-state index in [1.54, 1.807) is 5.38 Å². The highest BCUT2D eigenvalue weighted by atomic mass is 32.1. The van der Waals surface area contributed by atoms with Gasteiger partial charge < -0.3 is 5.11 Å². The Hall–Kier alpha value is -1.89. The second-order valence-electron chi connectivity index (χ2n) is 3.93. The molecular weight excluding hydrogens is 268 g/mol. The van der Waals surface area contributed by atoms with Crippen LogP contribution in [0.25, 0.3) is 0 Å². The molecule has 0 bridgehead atoms. The van der Waals surface area contributed by atoms with Crippen molar-refractivity contribution in [1.82, 2.24) is 10.9 Å². The van der Waals surface area contributed by atoms with Gasteiger partial charge in [-0.1, -0.05) is 6.92 Å². The highest BCUT2D eigenvalue weighted by molar-refractivity contribution is 7.10. The molecule has 0 aromatic carbocycles. The molecule has 0 unspecified atom stereocenters. The van der Waals surface area contributed by atoms with Crippen molar-refractivity contribution in [3.63, 3.8) is 0 Å². The fourth-order valence-corrected chi connectivity index (χ4v) is 2.53. The fraction of sp³-hybridized carbons (Fsp3) is 0.417. The lowest BCUT2D eigenvalue weighted by molar-refractivity contribution is -0.138. The third kappa shape index (κ3) is 4.36. The lowest BCUT2D eigenvalue weighted by Crippen LogP contribution is -2.41. The van der Waals surface area contributed by atoms with Gasteiger partial charge in [-0.25, -0.2) is 0 Å². The van der Waals surface area contributed by atoms with E-state index in [1.165, 1.54) is 11.3 Å². The molecule has 0 aliphatic heterocycles. The summed E-state index contributed by atoms with van der Waals surface area (Å²) in [6, 6.07) is 0. The zero-order valence-corrected chi connectivity index (χ0v) is 11.6. The number of carboxylic acid groups (broad SMARTS) is 1. The summed E-state index contributed by atoms with van der Waals surface area (Å²) in [4.78, 5) is 34.5. The Morgan fingerprint density at radius 3 is 2.53 bits per heavy atom. The zero-order valence-electron chi connectivity index (χ0n) is 10.8. The van der Waals surface area contributed by atoms with Gasteiger partial charge in [0.05, 0.1) is 12.0 Å². The van der Waals surface area contributed by atoms with Crippen molar-refractivity contribution in [3.8, 4) is 0 Å². The molecule has 0 radical (unpaired) electrons. The number of rotatable bonds is 5. The van der Waals surface area contributed by atoms with Gasteiger partial charge in [-0.3, -0.25) is 25.2 Å². The van der Waals surface area contributed by atoms with E-state index < -0.39 is 11.9 Å². The molecule has 0 saturated heterocycles. The second kappa shape index (κ2) is 6.89. The van der Waals surface area contributed by atoms with Crippen LogP contribution in [0.15, 0.2) is 5.38 Å². The summed E-state index contributed by atoms with van der Waals surface area (Å²) in [6.45, 7) is 3.89. The lowest BCUT2D eigenvalue weighted by atomic mass is 10.1. The Balaban J connectivity index is 2.51. The fourth-order valence-electron chi connectivity index (χ4n) is 1.59. The number of thiophene rings is 1. The monoisotopic (exact) mass is 284 g/mol. The van der Waals surface area contributed by atoms with E-state index in [2.05, 4.69) is 10.9 Å². The smallest absolute Gasteiger partial charge is 0.303 e. The SMILES string of the molecule is CCc1c(C(=O)NNC(=O)CCC(=O)O)csc1C. The minimum Gasteiger partial charge on any atom is -0.481 e. The van der Waals surface area contributed by atoms with Crippen LogP contribution in [-0.2, 0) is 16.0 Å². The number of carboxylic acids is 1. The number of nitrogens with one attached hydrogen (secondary N) is 2. The molecule has 3 N–H and O–H groups in total. The standard InChI is InChI=1S/C12H16N2O4S/c1-3-8-7(2)19-6-9(8)12(18)14-13-10(15)4-5-11(16)17/h6H,3-5H2,1-2H3,(H,13,15)(H,14,18)(H,16,17). The number of hydrogen-bond donors (Lipinski definition) is 3. The van der Waals surface area contributed by atoms with Gasteiger partial charge in [0, 0.05) is 16.7 Å². The summed E-state index contributed by atoms with van der Waals surface area (Å²) in [6.07, 6.45) is 0.309. The average Bonchev–Trinajstić information content (AvgIpc) is 2.74. The predicted octanol–water partition coefficient (Wildman–Crippen LogP) is 1.24. The number of carbonyl (C=O) groups excluding carboxylic acids is 2. The van der Waals surface area contributed by atoms with Gasteiger partial charge in [0.2, 0.25) is 5.91 Å². The molecule has 0 fully saturated rings. The summed E-state index contributed by atoms with van der Waals surface area (Å²) >= 11 is 1.48. The van der Waals surface area contributed by atoms with E-state index in [4.69, 9.17) is 5.11 Å². The van der Waals surface area contributed by atoms with E-state index in [9.17, 15) is 14.4 Å². The molecule has 0 spiro atoms. The number of hydrazine groups is 1. The highest BCUT2D eigenvalue weighted by Crippen LogP contribution is 2.21. The Labute approximate surface area is 114 Å². The van der Waals surface area contributed by atoms with Crippen molar-refractivity contribution >= 4 is 29.1 Å². The molecule has 2 amide bonds. The first kappa shape index (κ1) is 15.2. The molecule has 7 heteroatoms. The maximum atomic E-state index is 11.8. The maximum absolute atomic E-state index is 11.8. The number of aliphatic carboxylic acids is 1. The van der Waals surface area contributed by atoms with Gasteiger partial charge in [0.15, 0.2) is 0 Å². The van der Waals surface area contributed by atoms with Gasteiger partial charge >= 0.3 is 5.97 Å². The summed E-state index contributed by atoms with van der Waals surface area (Å²) in [5, 5.41) is 10.2. The molecule has 1 heterocycles. The molecular formula is C12H16N2O4S. The van der Waals surface area contributed by atoms with Crippen LogP contribution in [0.2, 0.25) is 0 Å². The second-order valence-corrected chi connectivity index (χ2v) is 5.02. The van der Waals surface area contributed by atoms with Crippen molar-refractivity contribution in [2.75, 3.05) is 0 Å². The molecule has 0 saturated carbocycles. The maximum Gasteiger partial charge on any atom is 0.303 e. The molecule has 1 rings (SSSR count). The summed E-state index contributed by atoms with van der Waals surface area (Å²) < 4.78 is 0. The van der Waals surface area contributed by atoms with Crippen molar-refractivity contribution in [2.24, 2.45) is 0 Å². The minimum atomic E-state index is -1.05.